The Morgan fingerprint density at radius 3 is 2.73 bits per heavy atom. The molecule has 1 heteroatoms. The molecule has 1 aliphatic rings. The van der Waals surface area contributed by atoms with E-state index in [9.17, 15) is 4.79 Å². The molecule has 11 heavy (non-hydrogen) atoms. The molecule has 0 N–H and O–H groups in total. The normalized spacial score (nSPS) is 20.7. The second-order valence-electron chi connectivity index (χ2n) is 3.36. The Morgan fingerprint density at radius 1 is 1.55 bits per heavy atom. The van der Waals surface area contributed by atoms with Gasteiger partial charge >= 0.3 is 0 Å². The molecule has 0 amide bonds. The highest BCUT2D eigenvalue weighted by atomic mass is 16.1. The first-order valence-electron chi connectivity index (χ1n) is 4.41. The van der Waals surface area contributed by atoms with Crippen LogP contribution in [0.1, 0.15) is 39.5 Å². The van der Waals surface area contributed by atoms with Gasteiger partial charge in [0.05, 0.1) is 0 Å². The molecule has 1 atom stereocenters. The van der Waals surface area contributed by atoms with Gasteiger partial charge in [0.2, 0.25) is 0 Å². The third kappa shape index (κ3) is 2.18. The van der Waals surface area contributed by atoms with Crippen molar-refractivity contribution in [1.82, 2.24) is 0 Å². The summed E-state index contributed by atoms with van der Waals surface area (Å²) in [5.41, 5.74) is 1.36. The lowest BCUT2D eigenvalue weighted by molar-refractivity contribution is -0.119. The fourth-order valence-corrected chi connectivity index (χ4v) is 1.52. The van der Waals surface area contributed by atoms with Crippen molar-refractivity contribution in [3.8, 4) is 0 Å². The molecule has 0 bridgehead atoms. The minimum Gasteiger partial charge on any atom is -0.299 e. The van der Waals surface area contributed by atoms with Gasteiger partial charge in [-0.25, -0.2) is 0 Å². The Balaban J connectivity index is 2.58. The van der Waals surface area contributed by atoms with Crippen LogP contribution in [0.15, 0.2) is 11.6 Å². The van der Waals surface area contributed by atoms with Gasteiger partial charge in [-0.15, -0.1) is 0 Å². The first-order chi connectivity index (χ1) is 5.22. The molecule has 1 nitrogen and oxygen atoms in total. The van der Waals surface area contributed by atoms with Crippen LogP contribution in [0.25, 0.3) is 0 Å². The number of carbonyl (C=O) groups excluding carboxylic acids is 1. The van der Waals surface area contributed by atoms with Crippen LogP contribution in [-0.2, 0) is 4.79 Å². The van der Waals surface area contributed by atoms with Crippen LogP contribution >= 0.6 is 0 Å². The van der Waals surface area contributed by atoms with E-state index in [1.54, 1.807) is 6.92 Å². The van der Waals surface area contributed by atoms with E-state index < -0.39 is 0 Å². The van der Waals surface area contributed by atoms with Gasteiger partial charge in [0, 0.05) is 5.92 Å². The molecule has 62 valence electrons. The maximum atomic E-state index is 11.0. The summed E-state index contributed by atoms with van der Waals surface area (Å²) in [6, 6.07) is 0. The highest BCUT2D eigenvalue weighted by Gasteiger charge is 2.14. The number of hydrogen-bond acceptors (Lipinski definition) is 1. The van der Waals surface area contributed by atoms with Crippen molar-refractivity contribution in [2.75, 3.05) is 0 Å². The highest BCUT2D eigenvalue weighted by Crippen LogP contribution is 2.24. The van der Waals surface area contributed by atoms with E-state index in [1.165, 1.54) is 24.8 Å². The molecule has 0 fully saturated rings. The van der Waals surface area contributed by atoms with E-state index in [0.29, 0.717) is 5.78 Å². The summed E-state index contributed by atoms with van der Waals surface area (Å²) in [7, 11) is 0. The van der Waals surface area contributed by atoms with Crippen molar-refractivity contribution < 1.29 is 4.79 Å². The van der Waals surface area contributed by atoms with Crippen molar-refractivity contribution >= 4 is 5.78 Å². The Bertz CT molecular complexity index is 179. The molecule has 1 aliphatic carbocycles. The Kier molecular flexibility index (Phi) is 2.86. The number of hydrogen-bond donors (Lipinski definition) is 0. The number of ketones is 1. The molecule has 0 saturated heterocycles. The molecule has 0 spiro atoms. The van der Waals surface area contributed by atoms with E-state index in [0.717, 1.165) is 6.42 Å². The van der Waals surface area contributed by atoms with E-state index in [-0.39, 0.29) is 5.92 Å². The average Bonchev–Trinajstić information content (AvgIpc) is 2.05. The van der Waals surface area contributed by atoms with Crippen LogP contribution in [0.4, 0.5) is 0 Å². The quantitative estimate of drug-likeness (QED) is 0.556. The summed E-state index contributed by atoms with van der Waals surface area (Å²) >= 11 is 0. The lowest BCUT2D eigenvalue weighted by Gasteiger charge is -2.16. The summed E-state index contributed by atoms with van der Waals surface area (Å²) in [5.74, 6) is 0.480. The fraction of sp³-hybridized carbons (Fsp3) is 0.700. The average molecular weight is 152 g/mol. The van der Waals surface area contributed by atoms with Gasteiger partial charge in [-0.2, -0.15) is 0 Å². The summed E-state index contributed by atoms with van der Waals surface area (Å²) in [6.07, 6.45) is 7.13. The summed E-state index contributed by atoms with van der Waals surface area (Å²) in [6.45, 7) is 3.69. The highest BCUT2D eigenvalue weighted by molar-refractivity contribution is 5.80. The number of carbonyl (C=O) groups is 1. The fourth-order valence-electron chi connectivity index (χ4n) is 1.52. The molecule has 0 unspecified atom stereocenters. The van der Waals surface area contributed by atoms with E-state index in [1.807, 2.05) is 6.92 Å². The molecule has 0 radical (unpaired) electrons. The van der Waals surface area contributed by atoms with Gasteiger partial charge in [0.1, 0.15) is 5.78 Å². The van der Waals surface area contributed by atoms with Crippen molar-refractivity contribution in [2.24, 2.45) is 5.92 Å². The zero-order valence-electron chi connectivity index (χ0n) is 7.39. The van der Waals surface area contributed by atoms with Crippen LogP contribution in [0.3, 0.4) is 0 Å². The standard InChI is InChI=1S/C10H16O/c1-8(9(2)11)10-6-4-3-5-7-10/h6,8H,3-5,7H2,1-2H3/t8-/m1/s1. The number of allylic oxidation sites excluding steroid dienone is 2. The molecular weight excluding hydrogens is 136 g/mol. The SMILES string of the molecule is CC(=O)[C@@H](C)C1=CCCCC1. The monoisotopic (exact) mass is 152 g/mol. The summed E-state index contributed by atoms with van der Waals surface area (Å²) < 4.78 is 0. The van der Waals surface area contributed by atoms with Crippen LogP contribution in [0.5, 0.6) is 0 Å². The Labute approximate surface area is 68.5 Å². The molecule has 0 aliphatic heterocycles. The van der Waals surface area contributed by atoms with Gasteiger partial charge in [0.15, 0.2) is 0 Å². The van der Waals surface area contributed by atoms with E-state index >= 15 is 0 Å². The van der Waals surface area contributed by atoms with Gasteiger partial charge < -0.3 is 0 Å². The second-order valence-corrected chi connectivity index (χ2v) is 3.36. The minimum atomic E-state index is 0.176. The van der Waals surface area contributed by atoms with Crippen molar-refractivity contribution in [3.63, 3.8) is 0 Å². The minimum absolute atomic E-state index is 0.176. The van der Waals surface area contributed by atoms with Gasteiger partial charge in [0.25, 0.3) is 0 Å². The molecule has 1 rings (SSSR count). The lowest BCUT2D eigenvalue weighted by atomic mass is 9.88. The van der Waals surface area contributed by atoms with Gasteiger partial charge in [-0.3, -0.25) is 4.79 Å². The summed E-state index contributed by atoms with van der Waals surface area (Å²) in [5, 5.41) is 0. The molecule has 0 aromatic heterocycles. The molecule has 0 saturated carbocycles. The first kappa shape index (κ1) is 8.51. The second kappa shape index (κ2) is 3.70. The topological polar surface area (TPSA) is 17.1 Å². The Morgan fingerprint density at radius 2 is 2.27 bits per heavy atom. The number of Topliss-reactive ketones (excluding diaryl/α,β-unsaturated/α-hetero) is 1. The van der Waals surface area contributed by atoms with Crippen molar-refractivity contribution in [1.29, 1.82) is 0 Å². The van der Waals surface area contributed by atoms with Gasteiger partial charge in [-0.05, 0) is 32.6 Å². The first-order valence-corrected chi connectivity index (χ1v) is 4.41. The van der Waals surface area contributed by atoms with E-state index in [2.05, 4.69) is 6.08 Å². The third-order valence-corrected chi connectivity index (χ3v) is 2.49. The smallest absolute Gasteiger partial charge is 0.136 e. The van der Waals surface area contributed by atoms with Gasteiger partial charge in [-0.1, -0.05) is 18.6 Å². The Hall–Kier alpha value is -0.590. The largest absolute Gasteiger partial charge is 0.299 e. The molecule has 0 aromatic rings. The molecule has 0 aromatic carbocycles. The maximum Gasteiger partial charge on any atom is 0.136 e. The van der Waals surface area contributed by atoms with E-state index in [4.69, 9.17) is 0 Å². The zero-order valence-corrected chi connectivity index (χ0v) is 7.39. The number of rotatable bonds is 2. The maximum absolute atomic E-state index is 11.0. The van der Waals surface area contributed by atoms with Crippen molar-refractivity contribution in [3.05, 3.63) is 11.6 Å². The van der Waals surface area contributed by atoms with Crippen LogP contribution < -0.4 is 0 Å². The van der Waals surface area contributed by atoms with Crippen LogP contribution in [0, 0.1) is 5.92 Å². The lowest BCUT2D eigenvalue weighted by Crippen LogP contribution is -2.11. The van der Waals surface area contributed by atoms with Crippen molar-refractivity contribution in [2.45, 2.75) is 39.5 Å². The van der Waals surface area contributed by atoms with Crippen LogP contribution in [0.2, 0.25) is 0 Å². The van der Waals surface area contributed by atoms with Crippen LogP contribution in [-0.4, -0.2) is 5.78 Å². The summed E-state index contributed by atoms with van der Waals surface area (Å²) in [4.78, 5) is 11.0. The molecule has 0 heterocycles. The molecular formula is C10H16O. The third-order valence-electron chi connectivity index (χ3n) is 2.49. The predicted molar refractivity (Wildman–Crippen MR) is 46.4 cm³/mol. The predicted octanol–water partition coefficient (Wildman–Crippen LogP) is 2.71. The zero-order chi connectivity index (χ0) is 8.27.